The summed E-state index contributed by atoms with van der Waals surface area (Å²) in [7, 11) is -3.97. The third kappa shape index (κ3) is 6.54. The first-order valence-electron chi connectivity index (χ1n) is 12.1. The van der Waals surface area contributed by atoms with Crippen molar-refractivity contribution >= 4 is 10.1 Å². The molecule has 0 heterocycles. The second-order valence-corrected chi connectivity index (χ2v) is 11.4. The third-order valence-corrected chi connectivity index (χ3v) is 8.41. The number of hydrogen-bond acceptors (Lipinski definition) is 5. The van der Waals surface area contributed by atoms with Crippen molar-refractivity contribution in [2.24, 2.45) is 17.3 Å². The van der Waals surface area contributed by atoms with Crippen molar-refractivity contribution in [1.29, 1.82) is 5.26 Å². The van der Waals surface area contributed by atoms with Crippen LogP contribution in [0.3, 0.4) is 0 Å². The number of aliphatic hydroxyl groups excluding tert-OH is 1. The molecule has 4 atom stereocenters. The average molecular weight is 482 g/mol. The molecular weight excluding hydrogens is 445 g/mol. The first-order valence-corrected chi connectivity index (χ1v) is 13.7. The molecule has 0 radical (unpaired) electrons. The first-order chi connectivity index (χ1) is 15.7. The van der Waals surface area contributed by atoms with Crippen LogP contribution in [0.25, 0.3) is 0 Å². The Morgan fingerprint density at radius 1 is 1.27 bits per heavy atom. The molecule has 2 saturated carbocycles. The van der Waals surface area contributed by atoms with Gasteiger partial charge in [0.2, 0.25) is 0 Å². The van der Waals surface area contributed by atoms with Crippen LogP contribution in [0.15, 0.2) is 18.2 Å². The van der Waals surface area contributed by atoms with Crippen LogP contribution in [0.4, 0.5) is 4.39 Å². The van der Waals surface area contributed by atoms with Crippen molar-refractivity contribution in [3.63, 3.8) is 0 Å². The molecule has 6 nitrogen and oxygen atoms in total. The fraction of sp³-hybridized carbons (Fsp3) is 0.720. The predicted molar refractivity (Wildman–Crippen MR) is 124 cm³/mol. The van der Waals surface area contributed by atoms with Crippen LogP contribution in [0.2, 0.25) is 0 Å². The second-order valence-electron chi connectivity index (χ2n) is 9.84. The summed E-state index contributed by atoms with van der Waals surface area (Å²) < 4.78 is 50.8. The van der Waals surface area contributed by atoms with Crippen molar-refractivity contribution in [2.75, 3.05) is 19.0 Å². The van der Waals surface area contributed by atoms with Gasteiger partial charge in [0, 0.05) is 17.9 Å². The molecule has 2 aliphatic carbocycles. The number of hydrogen-bond donors (Lipinski definition) is 2. The minimum absolute atomic E-state index is 0.0300. The largest absolute Gasteiger partial charge is 0.388 e. The maximum atomic E-state index is 14.7. The molecule has 2 aliphatic rings. The van der Waals surface area contributed by atoms with Gasteiger partial charge in [-0.1, -0.05) is 25.8 Å². The normalized spacial score (nSPS) is 25.4. The van der Waals surface area contributed by atoms with E-state index in [1.807, 2.05) is 6.07 Å². The summed E-state index contributed by atoms with van der Waals surface area (Å²) >= 11 is 0. The quantitative estimate of drug-likeness (QED) is 0.316. The Morgan fingerprint density at radius 3 is 2.64 bits per heavy atom. The molecule has 0 spiro atoms. The van der Waals surface area contributed by atoms with E-state index in [0.29, 0.717) is 38.0 Å². The summed E-state index contributed by atoms with van der Waals surface area (Å²) in [5.74, 6) is -0.966. The Hall–Kier alpha value is -1.53. The highest BCUT2D eigenvalue weighted by Gasteiger charge is 2.44. The molecule has 4 unspecified atom stereocenters. The Balaban J connectivity index is 1.69. The van der Waals surface area contributed by atoms with Crippen LogP contribution in [0.5, 0.6) is 0 Å². The van der Waals surface area contributed by atoms with Crippen molar-refractivity contribution in [3.05, 3.63) is 35.1 Å². The number of rotatable bonds is 12. The topological polar surface area (TPSA) is 108 Å². The van der Waals surface area contributed by atoms with E-state index in [0.717, 1.165) is 44.1 Å². The van der Waals surface area contributed by atoms with Gasteiger partial charge in [-0.2, -0.15) is 13.7 Å². The molecule has 0 aliphatic heterocycles. The molecular formula is C25H36FNO5S. The summed E-state index contributed by atoms with van der Waals surface area (Å²) in [5, 5.41) is 20.8. The molecule has 184 valence electrons. The van der Waals surface area contributed by atoms with E-state index in [1.165, 1.54) is 12.1 Å². The second kappa shape index (κ2) is 11.3. The maximum absolute atomic E-state index is 14.7. The summed E-state index contributed by atoms with van der Waals surface area (Å²) in [6, 6.07) is 7.25. The van der Waals surface area contributed by atoms with E-state index in [4.69, 9.17) is 9.29 Å². The average Bonchev–Trinajstić information content (AvgIpc) is 3.14. The van der Waals surface area contributed by atoms with Crippen LogP contribution < -0.4 is 0 Å². The minimum Gasteiger partial charge on any atom is -0.388 e. The van der Waals surface area contributed by atoms with Gasteiger partial charge in [-0.15, -0.1) is 0 Å². The lowest BCUT2D eigenvalue weighted by molar-refractivity contribution is -0.0442. The molecule has 8 heteroatoms. The number of nitrogens with zero attached hydrogens (tertiary/aromatic N) is 1. The van der Waals surface area contributed by atoms with Gasteiger partial charge in [0.1, 0.15) is 5.82 Å². The van der Waals surface area contributed by atoms with Gasteiger partial charge in [-0.05, 0) is 74.1 Å². The van der Waals surface area contributed by atoms with Crippen LogP contribution in [-0.4, -0.2) is 37.0 Å². The molecule has 0 saturated heterocycles. The Bertz CT molecular complexity index is 941. The van der Waals surface area contributed by atoms with Crippen LogP contribution >= 0.6 is 0 Å². The van der Waals surface area contributed by atoms with E-state index < -0.39 is 16.2 Å². The molecule has 0 amide bonds. The zero-order valence-corrected chi connectivity index (χ0v) is 20.2. The molecule has 0 bridgehead atoms. The number of nitriles is 1. The van der Waals surface area contributed by atoms with Crippen molar-refractivity contribution in [2.45, 2.75) is 76.7 Å². The third-order valence-electron chi connectivity index (χ3n) is 7.60. The van der Waals surface area contributed by atoms with Crippen LogP contribution in [0, 0.1) is 34.4 Å². The van der Waals surface area contributed by atoms with Crippen molar-refractivity contribution in [1.82, 2.24) is 0 Å². The Morgan fingerprint density at radius 2 is 2.03 bits per heavy atom. The van der Waals surface area contributed by atoms with E-state index in [-0.39, 0.29) is 34.7 Å². The highest BCUT2D eigenvalue weighted by molar-refractivity contribution is 7.85. The lowest BCUT2D eigenvalue weighted by Gasteiger charge is -2.46. The van der Waals surface area contributed by atoms with E-state index in [9.17, 15) is 23.2 Å². The smallest absolute Gasteiger partial charge is 0.264 e. The number of ether oxygens (including phenoxy) is 1. The van der Waals surface area contributed by atoms with Crippen molar-refractivity contribution in [3.8, 4) is 6.07 Å². The molecule has 33 heavy (non-hydrogen) atoms. The van der Waals surface area contributed by atoms with Crippen LogP contribution in [-0.2, 0) is 14.9 Å². The molecule has 0 aromatic heterocycles. The number of halogens is 1. The van der Waals surface area contributed by atoms with Crippen LogP contribution in [0.1, 0.15) is 87.9 Å². The summed E-state index contributed by atoms with van der Waals surface area (Å²) in [5.41, 5.74) is 1.28. The molecule has 2 fully saturated rings. The standard InChI is InChI=1S/C25H36FNO5S/c1-2-8-25(9-5-10-25)24(28)20-13-19(14-21(26)15-20)22-7-6-18(16-27)23(22)17-32-11-3-4-12-33(29,30)31/h13-15,18,22-24,28H,2-12,17H2,1H3,(H,29,30,31). The lowest BCUT2D eigenvalue weighted by atomic mass is 9.61. The summed E-state index contributed by atoms with van der Waals surface area (Å²) in [6.45, 7) is 2.78. The van der Waals surface area contributed by atoms with Gasteiger partial charge >= 0.3 is 0 Å². The van der Waals surface area contributed by atoms with Gasteiger partial charge in [0.25, 0.3) is 10.1 Å². The first kappa shape index (κ1) is 26.1. The molecule has 1 aromatic carbocycles. The highest BCUT2D eigenvalue weighted by atomic mass is 32.2. The number of unbranched alkanes of at least 4 members (excludes halogenated alkanes) is 1. The van der Waals surface area contributed by atoms with E-state index in [1.54, 1.807) is 0 Å². The van der Waals surface area contributed by atoms with Gasteiger partial charge < -0.3 is 9.84 Å². The van der Waals surface area contributed by atoms with E-state index >= 15 is 0 Å². The number of benzene rings is 1. The zero-order chi connectivity index (χ0) is 24.1. The monoisotopic (exact) mass is 481 g/mol. The fourth-order valence-corrected chi connectivity index (χ4v) is 6.30. The van der Waals surface area contributed by atoms with Gasteiger partial charge in [0.05, 0.1) is 30.5 Å². The highest BCUT2D eigenvalue weighted by Crippen LogP contribution is 2.54. The molecule has 2 N–H and O–H groups in total. The van der Waals surface area contributed by atoms with E-state index in [2.05, 4.69) is 13.0 Å². The number of aliphatic hydroxyl groups is 1. The maximum Gasteiger partial charge on any atom is 0.264 e. The fourth-order valence-electron chi connectivity index (χ4n) is 5.73. The van der Waals surface area contributed by atoms with Gasteiger partial charge in [-0.25, -0.2) is 4.39 Å². The minimum atomic E-state index is -3.97. The molecule has 3 rings (SSSR count). The van der Waals surface area contributed by atoms with Crippen molar-refractivity contribution < 1.29 is 27.2 Å². The Kier molecular flexibility index (Phi) is 8.90. The van der Waals surface area contributed by atoms with Gasteiger partial charge in [0.15, 0.2) is 0 Å². The lowest BCUT2D eigenvalue weighted by Crippen LogP contribution is -2.36. The summed E-state index contributed by atoms with van der Waals surface area (Å²) in [6.07, 6.45) is 6.50. The SMILES string of the molecule is CCCC1(C(O)c2cc(F)cc(C3CCC(C#N)C3COCCCCS(=O)(=O)O)c2)CCC1. The summed E-state index contributed by atoms with van der Waals surface area (Å²) in [4.78, 5) is 0. The Labute approximate surface area is 196 Å². The molecule has 1 aromatic rings. The van der Waals surface area contributed by atoms with Gasteiger partial charge in [-0.3, -0.25) is 4.55 Å². The zero-order valence-electron chi connectivity index (χ0n) is 19.4. The predicted octanol–water partition coefficient (Wildman–Crippen LogP) is 5.15.